The predicted octanol–water partition coefficient (Wildman–Crippen LogP) is 1.20. The highest BCUT2D eigenvalue weighted by molar-refractivity contribution is 9.10. The van der Waals surface area contributed by atoms with Crippen molar-refractivity contribution in [3.05, 3.63) is 33.8 Å². The molecule has 0 spiro atoms. The van der Waals surface area contributed by atoms with E-state index < -0.39 is 0 Å². The summed E-state index contributed by atoms with van der Waals surface area (Å²) in [5.41, 5.74) is 2.36. The van der Waals surface area contributed by atoms with Crippen LogP contribution in [0.1, 0.15) is 11.1 Å². The standard InChI is InChI=1S/C11H16BrNO2/c1-8-2-3-10(12)4-9(8)5-13-11(6-14)7-15/h2-4,11,13-15H,5-7H2,1H3. The molecular formula is C11H16BrNO2. The Labute approximate surface area is 98.3 Å². The molecule has 1 aromatic carbocycles. The Morgan fingerprint density at radius 2 is 2.00 bits per heavy atom. The van der Waals surface area contributed by atoms with Gasteiger partial charge in [-0.2, -0.15) is 0 Å². The van der Waals surface area contributed by atoms with Crippen molar-refractivity contribution in [2.45, 2.75) is 19.5 Å². The van der Waals surface area contributed by atoms with Crippen molar-refractivity contribution in [3.8, 4) is 0 Å². The van der Waals surface area contributed by atoms with Gasteiger partial charge in [0, 0.05) is 11.0 Å². The summed E-state index contributed by atoms with van der Waals surface area (Å²) >= 11 is 3.41. The first-order valence-corrected chi connectivity index (χ1v) is 5.66. The zero-order valence-electron chi connectivity index (χ0n) is 8.70. The lowest BCUT2D eigenvalue weighted by atomic mass is 10.1. The van der Waals surface area contributed by atoms with Crippen LogP contribution in [0.4, 0.5) is 0 Å². The Hall–Kier alpha value is -0.420. The summed E-state index contributed by atoms with van der Waals surface area (Å²) in [7, 11) is 0. The van der Waals surface area contributed by atoms with Crippen LogP contribution in [0.2, 0.25) is 0 Å². The molecule has 1 rings (SSSR count). The summed E-state index contributed by atoms with van der Waals surface area (Å²) in [6.45, 7) is 2.58. The van der Waals surface area contributed by atoms with Crippen LogP contribution in [-0.2, 0) is 6.54 Å². The number of aliphatic hydroxyl groups is 2. The molecule has 0 bridgehead atoms. The summed E-state index contributed by atoms with van der Waals surface area (Å²) in [6.07, 6.45) is 0. The van der Waals surface area contributed by atoms with Crippen molar-refractivity contribution in [2.24, 2.45) is 0 Å². The van der Waals surface area contributed by atoms with E-state index in [1.54, 1.807) is 0 Å². The SMILES string of the molecule is Cc1ccc(Br)cc1CNC(CO)CO. The van der Waals surface area contributed by atoms with E-state index in [2.05, 4.69) is 21.2 Å². The van der Waals surface area contributed by atoms with E-state index in [9.17, 15) is 0 Å². The molecule has 1 aromatic rings. The third-order valence-corrected chi connectivity index (χ3v) is 2.83. The molecule has 0 aromatic heterocycles. The van der Waals surface area contributed by atoms with Crippen LogP contribution in [-0.4, -0.2) is 29.5 Å². The Bertz CT molecular complexity index is 313. The number of aryl methyl sites for hydroxylation is 1. The predicted molar refractivity (Wildman–Crippen MR) is 63.7 cm³/mol. The number of rotatable bonds is 5. The first-order chi connectivity index (χ1) is 7.17. The Kier molecular flexibility index (Phi) is 5.25. The van der Waals surface area contributed by atoms with E-state index >= 15 is 0 Å². The molecule has 0 amide bonds. The molecule has 0 aliphatic carbocycles. The maximum Gasteiger partial charge on any atom is 0.0607 e. The van der Waals surface area contributed by atoms with E-state index in [0.29, 0.717) is 6.54 Å². The Balaban J connectivity index is 2.60. The molecule has 0 aliphatic rings. The van der Waals surface area contributed by atoms with Crippen molar-refractivity contribution >= 4 is 15.9 Å². The van der Waals surface area contributed by atoms with E-state index in [4.69, 9.17) is 10.2 Å². The molecule has 4 heteroatoms. The molecule has 3 nitrogen and oxygen atoms in total. The topological polar surface area (TPSA) is 52.5 Å². The smallest absolute Gasteiger partial charge is 0.0607 e. The van der Waals surface area contributed by atoms with Gasteiger partial charge in [-0.25, -0.2) is 0 Å². The quantitative estimate of drug-likeness (QED) is 0.756. The van der Waals surface area contributed by atoms with Crippen LogP contribution in [0.15, 0.2) is 22.7 Å². The van der Waals surface area contributed by atoms with Gasteiger partial charge in [-0.1, -0.05) is 22.0 Å². The zero-order chi connectivity index (χ0) is 11.3. The summed E-state index contributed by atoms with van der Waals surface area (Å²) in [5, 5.41) is 20.9. The van der Waals surface area contributed by atoms with E-state index in [0.717, 1.165) is 10.0 Å². The molecule has 0 fully saturated rings. The molecule has 0 radical (unpaired) electrons. The molecule has 84 valence electrons. The van der Waals surface area contributed by atoms with E-state index in [-0.39, 0.29) is 19.3 Å². The number of hydrogen-bond acceptors (Lipinski definition) is 3. The first-order valence-electron chi connectivity index (χ1n) is 4.87. The fourth-order valence-corrected chi connectivity index (χ4v) is 1.68. The fraction of sp³-hybridized carbons (Fsp3) is 0.455. The van der Waals surface area contributed by atoms with Crippen LogP contribution in [0.25, 0.3) is 0 Å². The highest BCUT2D eigenvalue weighted by atomic mass is 79.9. The molecule has 0 heterocycles. The lowest BCUT2D eigenvalue weighted by Gasteiger charge is -2.14. The number of hydrogen-bond donors (Lipinski definition) is 3. The summed E-state index contributed by atoms with van der Waals surface area (Å²) in [6, 6.07) is 5.82. The molecule has 0 aliphatic heterocycles. The maximum absolute atomic E-state index is 8.90. The lowest BCUT2D eigenvalue weighted by Crippen LogP contribution is -2.35. The second-order valence-corrected chi connectivity index (χ2v) is 4.43. The van der Waals surface area contributed by atoms with Crippen molar-refractivity contribution in [1.29, 1.82) is 0 Å². The molecule has 3 N–H and O–H groups in total. The van der Waals surface area contributed by atoms with Gasteiger partial charge in [0.15, 0.2) is 0 Å². The second kappa shape index (κ2) is 6.23. The molecular weight excluding hydrogens is 258 g/mol. The van der Waals surface area contributed by atoms with E-state index in [1.165, 1.54) is 5.56 Å². The van der Waals surface area contributed by atoms with Crippen LogP contribution in [0.5, 0.6) is 0 Å². The van der Waals surface area contributed by atoms with E-state index in [1.807, 2.05) is 25.1 Å². The van der Waals surface area contributed by atoms with Gasteiger partial charge in [0.25, 0.3) is 0 Å². The third kappa shape index (κ3) is 3.91. The van der Waals surface area contributed by atoms with Gasteiger partial charge in [0.1, 0.15) is 0 Å². The normalized spacial score (nSPS) is 11.0. The van der Waals surface area contributed by atoms with Gasteiger partial charge in [-0.05, 0) is 30.2 Å². The fourth-order valence-electron chi connectivity index (χ4n) is 1.27. The highest BCUT2D eigenvalue weighted by Crippen LogP contribution is 2.15. The molecule has 0 unspecified atom stereocenters. The molecule has 15 heavy (non-hydrogen) atoms. The first kappa shape index (κ1) is 12.6. The monoisotopic (exact) mass is 273 g/mol. The Morgan fingerprint density at radius 3 is 2.60 bits per heavy atom. The largest absolute Gasteiger partial charge is 0.395 e. The van der Waals surface area contributed by atoms with Gasteiger partial charge in [-0.3, -0.25) is 0 Å². The zero-order valence-corrected chi connectivity index (χ0v) is 10.3. The van der Waals surface area contributed by atoms with Crippen LogP contribution in [0.3, 0.4) is 0 Å². The summed E-state index contributed by atoms with van der Waals surface area (Å²) in [5.74, 6) is 0. The van der Waals surface area contributed by atoms with Crippen molar-refractivity contribution < 1.29 is 10.2 Å². The maximum atomic E-state index is 8.90. The van der Waals surface area contributed by atoms with Crippen molar-refractivity contribution in [2.75, 3.05) is 13.2 Å². The van der Waals surface area contributed by atoms with Gasteiger partial charge in [-0.15, -0.1) is 0 Å². The van der Waals surface area contributed by atoms with Gasteiger partial charge in [0.05, 0.1) is 19.3 Å². The lowest BCUT2D eigenvalue weighted by molar-refractivity contribution is 0.170. The number of nitrogens with one attached hydrogen (secondary N) is 1. The number of benzene rings is 1. The molecule has 0 saturated carbocycles. The van der Waals surface area contributed by atoms with Crippen LogP contribution in [0, 0.1) is 6.92 Å². The average Bonchev–Trinajstić information content (AvgIpc) is 2.24. The third-order valence-electron chi connectivity index (χ3n) is 2.33. The van der Waals surface area contributed by atoms with Gasteiger partial charge >= 0.3 is 0 Å². The minimum atomic E-state index is -0.247. The molecule has 0 atom stereocenters. The summed E-state index contributed by atoms with van der Waals surface area (Å²) in [4.78, 5) is 0. The highest BCUT2D eigenvalue weighted by Gasteiger charge is 2.05. The Morgan fingerprint density at radius 1 is 1.33 bits per heavy atom. The molecule has 0 saturated heterocycles. The summed E-state index contributed by atoms with van der Waals surface area (Å²) < 4.78 is 1.04. The van der Waals surface area contributed by atoms with Gasteiger partial charge in [0.2, 0.25) is 0 Å². The minimum Gasteiger partial charge on any atom is -0.395 e. The average molecular weight is 274 g/mol. The van der Waals surface area contributed by atoms with Crippen molar-refractivity contribution in [3.63, 3.8) is 0 Å². The number of aliphatic hydroxyl groups excluding tert-OH is 2. The second-order valence-electron chi connectivity index (χ2n) is 3.51. The minimum absolute atomic E-state index is 0.0520. The van der Waals surface area contributed by atoms with Crippen LogP contribution < -0.4 is 5.32 Å². The van der Waals surface area contributed by atoms with Gasteiger partial charge < -0.3 is 15.5 Å². The van der Waals surface area contributed by atoms with Crippen molar-refractivity contribution in [1.82, 2.24) is 5.32 Å². The van der Waals surface area contributed by atoms with Crippen LogP contribution >= 0.6 is 15.9 Å². The number of halogens is 1.